The highest BCUT2D eigenvalue weighted by Gasteiger charge is 2.10. The first-order valence-electron chi connectivity index (χ1n) is 5.86. The van der Waals surface area contributed by atoms with Gasteiger partial charge in [-0.3, -0.25) is 4.90 Å². The zero-order valence-corrected chi connectivity index (χ0v) is 10.9. The second kappa shape index (κ2) is 5.71. The smallest absolute Gasteiger partial charge is 0.0237 e. The molecule has 16 heavy (non-hydrogen) atoms. The van der Waals surface area contributed by atoms with Crippen LogP contribution in [0.4, 0.5) is 0 Å². The Labute approximate surface area is 102 Å². The summed E-state index contributed by atoms with van der Waals surface area (Å²) in [5, 5.41) is 3.39. The molecule has 1 N–H and O–H groups in total. The maximum absolute atomic E-state index is 3.39. The summed E-state index contributed by atoms with van der Waals surface area (Å²) in [6.07, 6.45) is 2.13. The van der Waals surface area contributed by atoms with E-state index < -0.39 is 0 Å². The highest BCUT2D eigenvalue weighted by molar-refractivity contribution is 7.98. The maximum Gasteiger partial charge on any atom is 0.0237 e. The zero-order chi connectivity index (χ0) is 11.4. The van der Waals surface area contributed by atoms with Crippen molar-refractivity contribution in [3.63, 3.8) is 0 Å². The molecule has 0 radical (unpaired) electrons. The van der Waals surface area contributed by atoms with Crippen LogP contribution in [0.15, 0.2) is 23.1 Å². The van der Waals surface area contributed by atoms with Crippen molar-refractivity contribution >= 4 is 11.8 Å². The lowest BCUT2D eigenvalue weighted by molar-refractivity contribution is 0.233. The topological polar surface area (TPSA) is 15.3 Å². The summed E-state index contributed by atoms with van der Waals surface area (Å²) in [4.78, 5) is 3.89. The Hall–Kier alpha value is -0.510. The average molecular weight is 236 g/mol. The van der Waals surface area contributed by atoms with Gasteiger partial charge < -0.3 is 5.32 Å². The lowest BCUT2D eigenvalue weighted by Crippen LogP contribution is -2.42. The van der Waals surface area contributed by atoms with E-state index in [-0.39, 0.29) is 0 Å². The third-order valence-electron chi connectivity index (χ3n) is 3.15. The third-order valence-corrected chi connectivity index (χ3v) is 3.88. The number of thioether (sulfide) groups is 1. The summed E-state index contributed by atoms with van der Waals surface area (Å²) in [5.74, 6) is 0. The first-order chi connectivity index (χ1) is 7.79. The Bertz CT molecular complexity index is 346. The van der Waals surface area contributed by atoms with Gasteiger partial charge in [-0.15, -0.1) is 11.8 Å². The van der Waals surface area contributed by atoms with Crippen LogP contribution in [0.3, 0.4) is 0 Å². The molecule has 0 atom stereocenters. The second-order valence-electron chi connectivity index (χ2n) is 4.32. The number of nitrogens with zero attached hydrogens (tertiary/aromatic N) is 1. The lowest BCUT2D eigenvalue weighted by Gasteiger charge is -2.27. The minimum Gasteiger partial charge on any atom is -0.314 e. The summed E-state index contributed by atoms with van der Waals surface area (Å²) >= 11 is 1.81. The highest BCUT2D eigenvalue weighted by Crippen LogP contribution is 2.20. The number of benzene rings is 1. The van der Waals surface area contributed by atoms with Gasteiger partial charge in [0.2, 0.25) is 0 Å². The van der Waals surface area contributed by atoms with E-state index >= 15 is 0 Å². The first kappa shape index (κ1) is 12.0. The van der Waals surface area contributed by atoms with Crippen molar-refractivity contribution < 1.29 is 0 Å². The van der Waals surface area contributed by atoms with E-state index in [1.165, 1.54) is 29.1 Å². The Morgan fingerprint density at radius 1 is 1.31 bits per heavy atom. The van der Waals surface area contributed by atoms with Crippen LogP contribution in [0.1, 0.15) is 11.1 Å². The molecule has 0 amide bonds. The molecule has 0 spiro atoms. The molecule has 1 fully saturated rings. The molecular formula is C13H20N2S. The van der Waals surface area contributed by atoms with E-state index in [0.29, 0.717) is 0 Å². The van der Waals surface area contributed by atoms with E-state index in [2.05, 4.69) is 41.6 Å². The van der Waals surface area contributed by atoms with Gasteiger partial charge in [0.1, 0.15) is 0 Å². The Morgan fingerprint density at radius 2 is 2.06 bits per heavy atom. The van der Waals surface area contributed by atoms with Gasteiger partial charge in [0.05, 0.1) is 0 Å². The van der Waals surface area contributed by atoms with Crippen molar-refractivity contribution in [3.05, 3.63) is 29.3 Å². The Kier molecular flexibility index (Phi) is 4.27. The summed E-state index contributed by atoms with van der Waals surface area (Å²) in [6, 6.07) is 6.81. The van der Waals surface area contributed by atoms with Gasteiger partial charge in [-0.2, -0.15) is 0 Å². The van der Waals surface area contributed by atoms with E-state index in [4.69, 9.17) is 0 Å². The highest BCUT2D eigenvalue weighted by atomic mass is 32.2. The molecule has 1 aliphatic rings. The van der Waals surface area contributed by atoms with E-state index in [1.54, 1.807) is 0 Å². The van der Waals surface area contributed by atoms with Gasteiger partial charge in [0.25, 0.3) is 0 Å². The predicted octanol–water partition coefficient (Wildman–Crippen LogP) is 2.12. The Balaban J connectivity index is 2.03. The molecule has 1 saturated heterocycles. The third kappa shape index (κ3) is 3.00. The van der Waals surface area contributed by atoms with Gasteiger partial charge in [-0.1, -0.05) is 6.07 Å². The quantitative estimate of drug-likeness (QED) is 0.809. The summed E-state index contributed by atoms with van der Waals surface area (Å²) in [5.41, 5.74) is 2.89. The van der Waals surface area contributed by atoms with Gasteiger partial charge in [0, 0.05) is 37.6 Å². The van der Waals surface area contributed by atoms with Crippen LogP contribution in [0, 0.1) is 6.92 Å². The first-order valence-corrected chi connectivity index (χ1v) is 7.08. The van der Waals surface area contributed by atoms with Crippen LogP contribution in [-0.4, -0.2) is 37.3 Å². The van der Waals surface area contributed by atoms with E-state index in [9.17, 15) is 0 Å². The minimum absolute atomic E-state index is 1.10. The van der Waals surface area contributed by atoms with Crippen LogP contribution in [-0.2, 0) is 6.54 Å². The fourth-order valence-corrected chi connectivity index (χ4v) is 2.58. The molecule has 0 unspecified atom stereocenters. The fraction of sp³-hybridized carbons (Fsp3) is 0.538. The summed E-state index contributed by atoms with van der Waals surface area (Å²) in [7, 11) is 0. The molecule has 2 rings (SSSR count). The standard InChI is InChI=1S/C13H20N2S/c1-11-9-13(16-2)4-3-12(11)10-15-7-5-14-6-8-15/h3-4,9,14H,5-8,10H2,1-2H3. The van der Waals surface area contributed by atoms with Gasteiger partial charge >= 0.3 is 0 Å². The molecule has 3 heteroatoms. The van der Waals surface area contributed by atoms with Crippen LogP contribution < -0.4 is 5.32 Å². The predicted molar refractivity (Wildman–Crippen MR) is 71.1 cm³/mol. The average Bonchev–Trinajstić information content (AvgIpc) is 2.33. The number of nitrogens with one attached hydrogen (secondary N) is 1. The van der Waals surface area contributed by atoms with Crippen molar-refractivity contribution in [2.45, 2.75) is 18.4 Å². The largest absolute Gasteiger partial charge is 0.314 e. The second-order valence-corrected chi connectivity index (χ2v) is 5.20. The van der Waals surface area contributed by atoms with Crippen LogP contribution in [0.5, 0.6) is 0 Å². The normalized spacial score (nSPS) is 17.6. The number of piperazine rings is 1. The summed E-state index contributed by atoms with van der Waals surface area (Å²) < 4.78 is 0. The van der Waals surface area contributed by atoms with Gasteiger partial charge in [-0.05, 0) is 36.4 Å². The van der Waals surface area contributed by atoms with Gasteiger partial charge in [-0.25, -0.2) is 0 Å². The van der Waals surface area contributed by atoms with Crippen LogP contribution in [0.25, 0.3) is 0 Å². The van der Waals surface area contributed by atoms with Crippen molar-refractivity contribution in [1.29, 1.82) is 0 Å². The molecule has 1 aromatic rings. The Morgan fingerprint density at radius 3 is 2.69 bits per heavy atom. The monoisotopic (exact) mass is 236 g/mol. The lowest BCUT2D eigenvalue weighted by atomic mass is 10.1. The molecule has 0 saturated carbocycles. The van der Waals surface area contributed by atoms with Crippen molar-refractivity contribution in [2.24, 2.45) is 0 Å². The summed E-state index contributed by atoms with van der Waals surface area (Å²) in [6.45, 7) is 7.91. The molecule has 1 aliphatic heterocycles. The zero-order valence-electron chi connectivity index (χ0n) is 10.1. The number of aryl methyl sites for hydroxylation is 1. The number of rotatable bonds is 3. The molecule has 0 bridgehead atoms. The minimum atomic E-state index is 1.10. The number of hydrogen-bond acceptors (Lipinski definition) is 3. The molecule has 1 aromatic carbocycles. The fourth-order valence-electron chi connectivity index (χ4n) is 2.08. The molecule has 2 nitrogen and oxygen atoms in total. The van der Waals surface area contributed by atoms with E-state index in [1.807, 2.05) is 11.8 Å². The van der Waals surface area contributed by atoms with Crippen LogP contribution >= 0.6 is 11.8 Å². The van der Waals surface area contributed by atoms with E-state index in [0.717, 1.165) is 19.6 Å². The molecule has 1 heterocycles. The SMILES string of the molecule is CSc1ccc(CN2CCNCC2)c(C)c1. The van der Waals surface area contributed by atoms with Crippen molar-refractivity contribution in [2.75, 3.05) is 32.4 Å². The van der Waals surface area contributed by atoms with Crippen molar-refractivity contribution in [3.8, 4) is 0 Å². The molecular weight excluding hydrogens is 216 g/mol. The molecule has 88 valence electrons. The molecule has 0 aliphatic carbocycles. The maximum atomic E-state index is 3.39. The molecule has 0 aromatic heterocycles. The van der Waals surface area contributed by atoms with Gasteiger partial charge in [0.15, 0.2) is 0 Å². The van der Waals surface area contributed by atoms with Crippen LogP contribution in [0.2, 0.25) is 0 Å². The van der Waals surface area contributed by atoms with Crippen molar-refractivity contribution in [1.82, 2.24) is 10.2 Å². The number of hydrogen-bond donors (Lipinski definition) is 1.